The molecule has 0 fully saturated rings. The number of ketones is 1. The van der Waals surface area contributed by atoms with E-state index in [1.807, 2.05) is 6.92 Å². The van der Waals surface area contributed by atoms with Crippen LogP contribution in [-0.4, -0.2) is 12.3 Å². The maximum absolute atomic E-state index is 11.3. The molecule has 2 heteroatoms. The Hall–Kier alpha value is -0.630. The molecule has 2 nitrogen and oxygen atoms in total. The standard InChI is InChI=1S/C11H21NO/c1-4-9(2)7-11(13)6-5-10(3)8-12/h10H,2,4-8,12H2,1,3H3. The van der Waals surface area contributed by atoms with E-state index >= 15 is 0 Å². The molecule has 1 unspecified atom stereocenters. The molecule has 13 heavy (non-hydrogen) atoms. The van der Waals surface area contributed by atoms with E-state index < -0.39 is 0 Å². The summed E-state index contributed by atoms with van der Waals surface area (Å²) in [5.41, 5.74) is 6.49. The van der Waals surface area contributed by atoms with Gasteiger partial charge in [-0.05, 0) is 25.3 Å². The summed E-state index contributed by atoms with van der Waals surface area (Å²) >= 11 is 0. The van der Waals surface area contributed by atoms with E-state index in [1.54, 1.807) is 0 Å². The van der Waals surface area contributed by atoms with E-state index in [0.29, 0.717) is 31.1 Å². The van der Waals surface area contributed by atoms with Crippen molar-refractivity contribution in [3.63, 3.8) is 0 Å². The van der Waals surface area contributed by atoms with Gasteiger partial charge >= 0.3 is 0 Å². The predicted octanol–water partition coefficient (Wildman–Crippen LogP) is 2.29. The second-order valence-electron chi connectivity index (χ2n) is 3.70. The second-order valence-corrected chi connectivity index (χ2v) is 3.70. The number of Topliss-reactive ketones (excluding diaryl/α,β-unsaturated/α-hetero) is 1. The van der Waals surface area contributed by atoms with Crippen molar-refractivity contribution in [3.8, 4) is 0 Å². The molecule has 0 radical (unpaired) electrons. The lowest BCUT2D eigenvalue weighted by atomic mass is 10.00. The third-order valence-electron chi connectivity index (χ3n) is 2.27. The zero-order chi connectivity index (χ0) is 10.3. The number of carbonyl (C=O) groups is 1. The molecule has 0 heterocycles. The molecule has 2 N–H and O–H groups in total. The maximum Gasteiger partial charge on any atom is 0.136 e. The van der Waals surface area contributed by atoms with Crippen LogP contribution in [0.5, 0.6) is 0 Å². The first kappa shape index (κ1) is 12.4. The van der Waals surface area contributed by atoms with Gasteiger partial charge in [-0.2, -0.15) is 0 Å². The lowest BCUT2D eigenvalue weighted by Crippen LogP contribution is -2.12. The number of allylic oxidation sites excluding steroid dienone is 1. The molecule has 0 saturated carbocycles. The fourth-order valence-corrected chi connectivity index (χ4v) is 1.02. The van der Waals surface area contributed by atoms with Gasteiger partial charge in [-0.25, -0.2) is 0 Å². The summed E-state index contributed by atoms with van der Waals surface area (Å²) in [5, 5.41) is 0. The maximum atomic E-state index is 11.3. The molecular formula is C11H21NO. The molecule has 0 aromatic carbocycles. The molecule has 0 rings (SSSR count). The largest absolute Gasteiger partial charge is 0.330 e. The molecule has 0 bridgehead atoms. The van der Waals surface area contributed by atoms with Crippen molar-refractivity contribution in [2.45, 2.75) is 39.5 Å². The number of rotatable bonds is 7. The monoisotopic (exact) mass is 183 g/mol. The Balaban J connectivity index is 3.57. The van der Waals surface area contributed by atoms with Gasteiger partial charge in [-0.3, -0.25) is 4.79 Å². The van der Waals surface area contributed by atoms with E-state index in [9.17, 15) is 4.79 Å². The first-order valence-electron chi connectivity index (χ1n) is 4.98. The van der Waals surface area contributed by atoms with Crippen molar-refractivity contribution < 1.29 is 4.79 Å². The number of nitrogens with two attached hydrogens (primary N) is 1. The van der Waals surface area contributed by atoms with Crippen LogP contribution in [-0.2, 0) is 4.79 Å². The van der Waals surface area contributed by atoms with Crippen molar-refractivity contribution in [1.82, 2.24) is 0 Å². The Morgan fingerprint density at radius 1 is 1.54 bits per heavy atom. The van der Waals surface area contributed by atoms with Crippen LogP contribution in [0.3, 0.4) is 0 Å². The van der Waals surface area contributed by atoms with E-state index in [-0.39, 0.29) is 0 Å². The Morgan fingerprint density at radius 3 is 2.62 bits per heavy atom. The number of hydrogen-bond donors (Lipinski definition) is 1. The lowest BCUT2D eigenvalue weighted by molar-refractivity contribution is -0.118. The average molecular weight is 183 g/mol. The topological polar surface area (TPSA) is 43.1 Å². The highest BCUT2D eigenvalue weighted by atomic mass is 16.1. The Bertz CT molecular complexity index is 175. The van der Waals surface area contributed by atoms with Crippen LogP contribution in [0, 0.1) is 5.92 Å². The minimum atomic E-state index is 0.298. The molecule has 1 atom stereocenters. The van der Waals surface area contributed by atoms with Crippen LogP contribution >= 0.6 is 0 Å². The SMILES string of the molecule is C=C(CC)CC(=O)CCC(C)CN. The van der Waals surface area contributed by atoms with Crippen LogP contribution < -0.4 is 5.73 Å². The average Bonchev–Trinajstić information content (AvgIpc) is 2.13. The van der Waals surface area contributed by atoms with Gasteiger partial charge in [0.15, 0.2) is 0 Å². The predicted molar refractivity (Wildman–Crippen MR) is 56.5 cm³/mol. The summed E-state index contributed by atoms with van der Waals surface area (Å²) < 4.78 is 0. The zero-order valence-electron chi connectivity index (χ0n) is 8.81. The summed E-state index contributed by atoms with van der Waals surface area (Å²) in [4.78, 5) is 11.3. The fourth-order valence-electron chi connectivity index (χ4n) is 1.02. The molecule has 0 aromatic heterocycles. The van der Waals surface area contributed by atoms with E-state index in [0.717, 1.165) is 18.4 Å². The quantitative estimate of drug-likeness (QED) is 0.615. The van der Waals surface area contributed by atoms with Crippen molar-refractivity contribution in [2.24, 2.45) is 11.7 Å². The first-order valence-corrected chi connectivity index (χ1v) is 4.98. The summed E-state index contributed by atoms with van der Waals surface area (Å²) in [5.74, 6) is 0.756. The first-order chi connectivity index (χ1) is 6.10. The van der Waals surface area contributed by atoms with Gasteiger partial charge in [-0.15, -0.1) is 0 Å². The van der Waals surface area contributed by atoms with Gasteiger partial charge in [0.2, 0.25) is 0 Å². The molecule has 0 aliphatic heterocycles. The minimum absolute atomic E-state index is 0.298. The molecular weight excluding hydrogens is 162 g/mol. The van der Waals surface area contributed by atoms with Gasteiger partial charge in [0, 0.05) is 12.8 Å². The van der Waals surface area contributed by atoms with Crippen LogP contribution in [0.4, 0.5) is 0 Å². The van der Waals surface area contributed by atoms with E-state index in [1.165, 1.54) is 0 Å². The van der Waals surface area contributed by atoms with Gasteiger partial charge in [-0.1, -0.05) is 26.0 Å². The smallest absolute Gasteiger partial charge is 0.136 e. The highest BCUT2D eigenvalue weighted by Gasteiger charge is 2.06. The Kier molecular flexibility index (Phi) is 6.51. The second kappa shape index (κ2) is 6.84. The molecule has 0 spiro atoms. The number of hydrogen-bond acceptors (Lipinski definition) is 2. The van der Waals surface area contributed by atoms with Crippen molar-refractivity contribution in [2.75, 3.05) is 6.54 Å². The number of carbonyl (C=O) groups excluding carboxylic acids is 1. The van der Waals surface area contributed by atoms with Gasteiger partial charge in [0.25, 0.3) is 0 Å². The summed E-state index contributed by atoms with van der Waals surface area (Å²) in [6.45, 7) is 8.58. The summed E-state index contributed by atoms with van der Waals surface area (Å²) in [7, 11) is 0. The molecule has 0 aliphatic rings. The molecule has 0 aromatic rings. The Morgan fingerprint density at radius 2 is 2.15 bits per heavy atom. The third-order valence-corrected chi connectivity index (χ3v) is 2.27. The molecule has 0 amide bonds. The van der Waals surface area contributed by atoms with Crippen molar-refractivity contribution in [1.29, 1.82) is 0 Å². The summed E-state index contributed by atoms with van der Waals surface area (Å²) in [6.07, 6.45) is 3.01. The van der Waals surface area contributed by atoms with Crippen LogP contribution in [0.1, 0.15) is 39.5 Å². The summed E-state index contributed by atoms with van der Waals surface area (Å²) in [6, 6.07) is 0. The normalized spacial score (nSPS) is 12.5. The van der Waals surface area contributed by atoms with E-state index in [4.69, 9.17) is 5.73 Å². The highest BCUT2D eigenvalue weighted by Crippen LogP contribution is 2.10. The lowest BCUT2D eigenvalue weighted by Gasteiger charge is -2.07. The van der Waals surface area contributed by atoms with E-state index in [2.05, 4.69) is 13.5 Å². The zero-order valence-corrected chi connectivity index (χ0v) is 8.81. The van der Waals surface area contributed by atoms with Gasteiger partial charge in [0.1, 0.15) is 5.78 Å². The molecule has 76 valence electrons. The van der Waals surface area contributed by atoms with Gasteiger partial charge < -0.3 is 5.73 Å². The highest BCUT2D eigenvalue weighted by molar-refractivity contribution is 5.80. The van der Waals surface area contributed by atoms with Gasteiger partial charge in [0.05, 0.1) is 0 Å². The van der Waals surface area contributed by atoms with Crippen molar-refractivity contribution >= 4 is 5.78 Å². The van der Waals surface area contributed by atoms with Crippen molar-refractivity contribution in [3.05, 3.63) is 12.2 Å². The van der Waals surface area contributed by atoms with Crippen LogP contribution in [0.25, 0.3) is 0 Å². The fraction of sp³-hybridized carbons (Fsp3) is 0.727. The molecule has 0 saturated heterocycles. The third kappa shape index (κ3) is 6.52. The molecule has 0 aliphatic carbocycles. The minimum Gasteiger partial charge on any atom is -0.330 e. The Labute approximate surface area is 81.2 Å². The van der Waals surface area contributed by atoms with Crippen LogP contribution in [0.15, 0.2) is 12.2 Å². The van der Waals surface area contributed by atoms with Crippen LogP contribution in [0.2, 0.25) is 0 Å².